The van der Waals surface area contributed by atoms with Crippen LogP contribution in [0.4, 0.5) is 10.1 Å². The van der Waals surface area contributed by atoms with E-state index in [1.165, 1.54) is 37.4 Å². The molecule has 0 spiro atoms. The Balaban J connectivity index is 1.65. The molecule has 0 fully saturated rings. The fourth-order valence-corrected chi connectivity index (χ4v) is 4.30. The van der Waals surface area contributed by atoms with Gasteiger partial charge in [0.25, 0.3) is 0 Å². The SMILES string of the molecule is COc1cc([C@H](Nc2ccc(C(=N)N)c(F)c2)c2nn(-c3ccccc3C(=O)O)c(=O)[nH]2)cc2c1OCOC2. The molecule has 5 rings (SSSR count). The van der Waals surface area contributed by atoms with Crippen molar-refractivity contribution in [1.29, 1.82) is 5.41 Å². The maximum Gasteiger partial charge on any atom is 0.348 e. The predicted octanol–water partition coefficient (Wildman–Crippen LogP) is 2.76. The minimum atomic E-state index is -1.22. The summed E-state index contributed by atoms with van der Waals surface area (Å²) in [5.74, 6) is -1.33. The molecule has 200 valence electrons. The van der Waals surface area contributed by atoms with Gasteiger partial charge in [0.1, 0.15) is 17.7 Å². The molecule has 2 heterocycles. The number of H-pyrrole nitrogens is 1. The van der Waals surface area contributed by atoms with Gasteiger partial charge in [-0.1, -0.05) is 12.1 Å². The second-order valence-corrected chi connectivity index (χ2v) is 8.56. The van der Waals surface area contributed by atoms with Crippen molar-refractivity contribution in [3.8, 4) is 17.2 Å². The number of amidine groups is 1. The molecular formula is C26H23FN6O6. The van der Waals surface area contributed by atoms with Crippen LogP contribution in [0.25, 0.3) is 5.69 Å². The molecule has 0 saturated heterocycles. The number of carboxylic acids is 1. The molecule has 0 aliphatic carbocycles. The highest BCUT2D eigenvalue weighted by Crippen LogP contribution is 2.39. The number of hydrogen-bond acceptors (Lipinski definition) is 8. The van der Waals surface area contributed by atoms with Crippen molar-refractivity contribution in [2.24, 2.45) is 5.73 Å². The Kier molecular flexibility index (Phi) is 6.73. The Labute approximate surface area is 220 Å². The molecular weight excluding hydrogens is 511 g/mol. The first-order chi connectivity index (χ1) is 18.8. The molecule has 1 atom stereocenters. The largest absolute Gasteiger partial charge is 0.493 e. The normalized spacial score (nSPS) is 13.2. The first-order valence-electron chi connectivity index (χ1n) is 11.6. The summed E-state index contributed by atoms with van der Waals surface area (Å²) in [4.78, 5) is 27.4. The van der Waals surface area contributed by atoms with Crippen LogP contribution < -0.4 is 26.2 Å². The van der Waals surface area contributed by atoms with Crippen LogP contribution in [0.1, 0.15) is 38.9 Å². The van der Waals surface area contributed by atoms with Crippen molar-refractivity contribution in [3.63, 3.8) is 0 Å². The van der Waals surface area contributed by atoms with Crippen LogP contribution in [0.2, 0.25) is 0 Å². The lowest BCUT2D eigenvalue weighted by Crippen LogP contribution is -2.18. The lowest BCUT2D eigenvalue weighted by atomic mass is 10.0. The number of nitrogens with two attached hydrogens (primary N) is 1. The number of aromatic nitrogens is 3. The summed E-state index contributed by atoms with van der Waals surface area (Å²) in [6.45, 7) is 0.304. The second-order valence-electron chi connectivity index (χ2n) is 8.56. The van der Waals surface area contributed by atoms with E-state index in [1.54, 1.807) is 24.3 Å². The van der Waals surface area contributed by atoms with Crippen LogP contribution >= 0.6 is 0 Å². The van der Waals surface area contributed by atoms with Gasteiger partial charge in [-0.25, -0.2) is 14.0 Å². The maximum absolute atomic E-state index is 14.7. The summed E-state index contributed by atoms with van der Waals surface area (Å²) in [5, 5.41) is 24.7. The highest BCUT2D eigenvalue weighted by molar-refractivity contribution is 5.95. The Hall–Kier alpha value is -5.17. The molecule has 0 saturated carbocycles. The van der Waals surface area contributed by atoms with Gasteiger partial charge in [0.2, 0.25) is 0 Å². The van der Waals surface area contributed by atoms with E-state index in [0.717, 1.165) is 4.68 Å². The standard InChI is InChI=1S/C26H23FN6O6/c1-37-20-9-13(8-14-11-38-12-39-22(14)20)21(30-15-6-7-16(23(28)29)18(27)10-15)24-31-26(36)33(32-24)19-5-3-2-4-17(19)25(34)35/h2-10,21,30H,11-12H2,1H3,(H3,28,29)(H,34,35)(H,31,32,36)/t21-/m0/s1. The van der Waals surface area contributed by atoms with E-state index in [9.17, 15) is 19.1 Å². The average molecular weight is 535 g/mol. The number of anilines is 1. The van der Waals surface area contributed by atoms with Gasteiger partial charge in [-0.15, -0.1) is 5.10 Å². The predicted molar refractivity (Wildman–Crippen MR) is 137 cm³/mol. The molecule has 6 N–H and O–H groups in total. The lowest BCUT2D eigenvalue weighted by Gasteiger charge is -2.24. The summed E-state index contributed by atoms with van der Waals surface area (Å²) in [5.41, 5.74) is 6.19. The van der Waals surface area contributed by atoms with Gasteiger partial charge < -0.3 is 30.4 Å². The molecule has 3 aromatic carbocycles. The first-order valence-corrected chi connectivity index (χ1v) is 11.6. The van der Waals surface area contributed by atoms with Gasteiger partial charge in [0.15, 0.2) is 24.1 Å². The van der Waals surface area contributed by atoms with Crippen LogP contribution in [-0.4, -0.2) is 45.6 Å². The Morgan fingerprint density at radius 2 is 2.05 bits per heavy atom. The van der Waals surface area contributed by atoms with Crippen LogP contribution in [0, 0.1) is 11.2 Å². The zero-order valence-electron chi connectivity index (χ0n) is 20.5. The van der Waals surface area contributed by atoms with E-state index in [1.807, 2.05) is 0 Å². The van der Waals surface area contributed by atoms with Crippen molar-refractivity contribution < 1.29 is 28.5 Å². The van der Waals surface area contributed by atoms with E-state index in [-0.39, 0.29) is 36.0 Å². The van der Waals surface area contributed by atoms with E-state index >= 15 is 0 Å². The van der Waals surface area contributed by atoms with Crippen LogP contribution in [0.5, 0.6) is 11.5 Å². The molecule has 0 amide bonds. The average Bonchev–Trinajstić information content (AvgIpc) is 3.31. The van der Waals surface area contributed by atoms with Gasteiger partial charge in [-0.3, -0.25) is 10.4 Å². The molecule has 39 heavy (non-hydrogen) atoms. The van der Waals surface area contributed by atoms with E-state index < -0.39 is 29.4 Å². The molecule has 13 heteroatoms. The molecule has 1 aliphatic heterocycles. The Morgan fingerprint density at radius 1 is 1.26 bits per heavy atom. The smallest absolute Gasteiger partial charge is 0.348 e. The number of halogens is 1. The topological polar surface area (TPSA) is 178 Å². The number of methoxy groups -OCH3 is 1. The fourth-order valence-electron chi connectivity index (χ4n) is 4.30. The number of fused-ring (bicyclic) bond motifs is 1. The highest BCUT2D eigenvalue weighted by Gasteiger charge is 2.26. The van der Waals surface area contributed by atoms with Gasteiger partial charge >= 0.3 is 11.7 Å². The summed E-state index contributed by atoms with van der Waals surface area (Å²) in [6, 6.07) is 12.6. The molecule has 1 aliphatic rings. The number of carboxylic acid groups (broad SMARTS) is 1. The molecule has 0 radical (unpaired) electrons. The van der Waals surface area contributed by atoms with Crippen molar-refractivity contribution in [2.75, 3.05) is 19.2 Å². The van der Waals surface area contributed by atoms with Crippen molar-refractivity contribution in [1.82, 2.24) is 14.8 Å². The van der Waals surface area contributed by atoms with E-state index in [4.69, 9.17) is 25.4 Å². The number of nitrogens with zero attached hydrogens (tertiary/aromatic N) is 2. The van der Waals surface area contributed by atoms with Gasteiger partial charge in [0, 0.05) is 11.3 Å². The highest BCUT2D eigenvalue weighted by atomic mass is 19.1. The van der Waals surface area contributed by atoms with Gasteiger partial charge in [0.05, 0.1) is 30.5 Å². The summed E-state index contributed by atoms with van der Waals surface area (Å²) in [6.07, 6.45) is 0. The number of ether oxygens (including phenoxy) is 3. The monoisotopic (exact) mass is 534 g/mol. The second kappa shape index (κ2) is 10.3. The molecule has 0 unspecified atom stereocenters. The third-order valence-electron chi connectivity index (χ3n) is 6.09. The molecule has 12 nitrogen and oxygen atoms in total. The number of benzene rings is 3. The van der Waals surface area contributed by atoms with Crippen LogP contribution in [0.15, 0.2) is 59.4 Å². The number of aromatic carboxylic acids is 1. The summed E-state index contributed by atoms with van der Waals surface area (Å²) in [7, 11) is 1.48. The lowest BCUT2D eigenvalue weighted by molar-refractivity contribution is -0.0180. The molecule has 4 aromatic rings. The Bertz CT molecular complexity index is 1630. The fraction of sp³-hybridized carbons (Fsp3) is 0.154. The molecule has 0 bridgehead atoms. The third kappa shape index (κ3) is 4.90. The number of nitrogen functional groups attached to an aromatic ring is 1. The van der Waals surface area contributed by atoms with Crippen molar-refractivity contribution in [3.05, 3.63) is 99.0 Å². The zero-order valence-corrected chi connectivity index (χ0v) is 20.5. The van der Waals surface area contributed by atoms with E-state index in [0.29, 0.717) is 28.3 Å². The summed E-state index contributed by atoms with van der Waals surface area (Å²) >= 11 is 0. The van der Waals surface area contributed by atoms with E-state index in [2.05, 4.69) is 15.4 Å². The van der Waals surface area contributed by atoms with Crippen LogP contribution in [-0.2, 0) is 11.3 Å². The maximum atomic E-state index is 14.7. The number of rotatable bonds is 8. The van der Waals surface area contributed by atoms with Crippen LogP contribution in [0.3, 0.4) is 0 Å². The van der Waals surface area contributed by atoms with Gasteiger partial charge in [-0.2, -0.15) is 4.68 Å². The minimum Gasteiger partial charge on any atom is -0.493 e. The number of hydrogen-bond donors (Lipinski definition) is 5. The number of carbonyl (C=O) groups is 1. The number of aromatic amines is 1. The zero-order chi connectivity index (χ0) is 27.7. The number of nitrogens with one attached hydrogen (secondary N) is 3. The van der Waals surface area contributed by atoms with Crippen molar-refractivity contribution >= 4 is 17.5 Å². The van der Waals surface area contributed by atoms with Gasteiger partial charge in [-0.05, 0) is 48.0 Å². The molecule has 1 aromatic heterocycles. The third-order valence-corrected chi connectivity index (χ3v) is 6.09. The van der Waals surface area contributed by atoms with Crippen molar-refractivity contribution in [2.45, 2.75) is 12.6 Å². The summed E-state index contributed by atoms with van der Waals surface area (Å²) < 4.78 is 32.1. The Morgan fingerprint density at radius 3 is 2.77 bits per heavy atom. The first kappa shape index (κ1) is 25.5. The number of para-hydroxylation sites is 1. The quantitative estimate of drug-likeness (QED) is 0.168. The minimum absolute atomic E-state index is 0.0624.